The summed E-state index contributed by atoms with van der Waals surface area (Å²) >= 11 is 0. The molecule has 1 amide bonds. The molecule has 3 N–H and O–H groups in total. The van der Waals surface area contributed by atoms with Crippen molar-refractivity contribution >= 4 is 5.91 Å². The van der Waals surface area contributed by atoms with Crippen LogP contribution in [-0.4, -0.2) is 36.2 Å². The second kappa shape index (κ2) is 7.43. The highest BCUT2D eigenvalue weighted by Gasteiger charge is 2.14. The van der Waals surface area contributed by atoms with E-state index in [1.165, 1.54) is 0 Å². The van der Waals surface area contributed by atoms with Gasteiger partial charge in [0.1, 0.15) is 0 Å². The quantitative estimate of drug-likeness (QED) is 0.534. The van der Waals surface area contributed by atoms with Crippen molar-refractivity contribution in [3.05, 3.63) is 12.7 Å². The first kappa shape index (κ1) is 14.1. The summed E-state index contributed by atoms with van der Waals surface area (Å²) < 4.78 is 0. The van der Waals surface area contributed by atoms with Crippen LogP contribution in [0.25, 0.3) is 0 Å². The Morgan fingerprint density at radius 2 is 2.07 bits per heavy atom. The Bertz CT molecular complexity index is 205. The number of aliphatic hydroxyl groups excluding tert-OH is 1. The molecule has 0 aliphatic rings. The molecule has 0 aliphatic carbocycles. The van der Waals surface area contributed by atoms with Crippen molar-refractivity contribution in [2.45, 2.75) is 32.9 Å². The number of hydrogen-bond donors (Lipinski definition) is 3. The summed E-state index contributed by atoms with van der Waals surface area (Å²) in [7, 11) is 0. The number of aliphatic hydroxyl groups is 1. The molecular formula is C11H22N2O2. The monoisotopic (exact) mass is 214 g/mol. The molecule has 0 saturated carbocycles. The van der Waals surface area contributed by atoms with Crippen molar-refractivity contribution in [1.82, 2.24) is 10.6 Å². The van der Waals surface area contributed by atoms with Crippen LogP contribution in [-0.2, 0) is 4.79 Å². The van der Waals surface area contributed by atoms with Gasteiger partial charge in [0.2, 0.25) is 5.91 Å². The molecule has 0 radical (unpaired) electrons. The Balaban J connectivity index is 3.77. The number of nitrogens with one attached hydrogen (secondary N) is 2. The molecule has 0 aromatic carbocycles. The zero-order valence-electron chi connectivity index (χ0n) is 9.79. The highest BCUT2D eigenvalue weighted by atomic mass is 16.3. The van der Waals surface area contributed by atoms with Crippen LogP contribution in [0.3, 0.4) is 0 Å². The summed E-state index contributed by atoms with van der Waals surface area (Å²) in [5.41, 5.74) is 0. The Kier molecular flexibility index (Phi) is 6.99. The average Bonchev–Trinajstić information content (AvgIpc) is 2.21. The van der Waals surface area contributed by atoms with Gasteiger partial charge in [-0.15, -0.1) is 6.58 Å². The molecule has 4 heteroatoms. The van der Waals surface area contributed by atoms with Crippen LogP contribution in [0.4, 0.5) is 0 Å². The van der Waals surface area contributed by atoms with Gasteiger partial charge in [-0.1, -0.05) is 19.9 Å². The van der Waals surface area contributed by atoms with E-state index in [4.69, 9.17) is 0 Å². The fraction of sp³-hybridized carbons (Fsp3) is 0.727. The van der Waals surface area contributed by atoms with Crippen LogP contribution in [0, 0.1) is 5.92 Å². The zero-order valence-corrected chi connectivity index (χ0v) is 9.79. The summed E-state index contributed by atoms with van der Waals surface area (Å²) in [6.07, 6.45) is 1.22. The molecule has 0 bridgehead atoms. The minimum Gasteiger partial charge on any atom is -0.392 e. The van der Waals surface area contributed by atoms with Gasteiger partial charge < -0.3 is 15.7 Å². The number of amides is 1. The highest BCUT2D eigenvalue weighted by Crippen LogP contribution is 1.99. The fourth-order valence-corrected chi connectivity index (χ4v) is 0.952. The summed E-state index contributed by atoms with van der Waals surface area (Å²) in [5.74, 6) is 0.117. The average molecular weight is 214 g/mol. The van der Waals surface area contributed by atoms with E-state index in [0.29, 0.717) is 13.1 Å². The van der Waals surface area contributed by atoms with E-state index >= 15 is 0 Å². The van der Waals surface area contributed by atoms with Crippen molar-refractivity contribution in [3.8, 4) is 0 Å². The molecule has 0 aliphatic heterocycles. The molecule has 88 valence electrons. The SMILES string of the molecule is C=CCNC(=O)C(C)NCC(O)C(C)C. The van der Waals surface area contributed by atoms with Crippen molar-refractivity contribution in [3.63, 3.8) is 0 Å². The molecule has 15 heavy (non-hydrogen) atoms. The molecular weight excluding hydrogens is 192 g/mol. The number of hydrogen-bond acceptors (Lipinski definition) is 3. The van der Waals surface area contributed by atoms with Gasteiger partial charge in [-0.05, 0) is 12.8 Å². The molecule has 2 atom stereocenters. The van der Waals surface area contributed by atoms with Crippen LogP contribution in [0.1, 0.15) is 20.8 Å². The first-order chi connectivity index (χ1) is 6.99. The minimum absolute atomic E-state index is 0.0779. The van der Waals surface area contributed by atoms with E-state index in [0.717, 1.165) is 0 Å². The van der Waals surface area contributed by atoms with Crippen LogP contribution in [0.5, 0.6) is 0 Å². The molecule has 0 fully saturated rings. The summed E-state index contributed by atoms with van der Waals surface area (Å²) in [6.45, 7) is 10.1. The minimum atomic E-state index is -0.417. The van der Waals surface area contributed by atoms with Gasteiger partial charge in [-0.2, -0.15) is 0 Å². The number of rotatable bonds is 7. The fourth-order valence-electron chi connectivity index (χ4n) is 0.952. The third-order valence-electron chi connectivity index (χ3n) is 2.22. The lowest BCUT2D eigenvalue weighted by atomic mass is 10.1. The second-order valence-electron chi connectivity index (χ2n) is 3.98. The maximum atomic E-state index is 11.4. The van der Waals surface area contributed by atoms with E-state index in [1.54, 1.807) is 13.0 Å². The number of carbonyl (C=O) groups excluding carboxylic acids is 1. The van der Waals surface area contributed by atoms with Crippen molar-refractivity contribution in [1.29, 1.82) is 0 Å². The van der Waals surface area contributed by atoms with E-state index < -0.39 is 6.10 Å². The van der Waals surface area contributed by atoms with E-state index in [1.807, 2.05) is 13.8 Å². The number of carbonyl (C=O) groups is 1. The highest BCUT2D eigenvalue weighted by molar-refractivity contribution is 5.81. The topological polar surface area (TPSA) is 61.4 Å². The molecule has 0 saturated heterocycles. The Morgan fingerprint density at radius 1 is 1.47 bits per heavy atom. The van der Waals surface area contributed by atoms with E-state index in [2.05, 4.69) is 17.2 Å². The second-order valence-corrected chi connectivity index (χ2v) is 3.98. The smallest absolute Gasteiger partial charge is 0.237 e. The van der Waals surface area contributed by atoms with Crippen LogP contribution < -0.4 is 10.6 Å². The Labute approximate surface area is 91.8 Å². The summed E-state index contributed by atoms with van der Waals surface area (Å²) in [4.78, 5) is 11.4. The van der Waals surface area contributed by atoms with Gasteiger partial charge in [0, 0.05) is 13.1 Å². The lowest BCUT2D eigenvalue weighted by Gasteiger charge is -2.18. The van der Waals surface area contributed by atoms with Gasteiger partial charge in [0.15, 0.2) is 0 Å². The summed E-state index contributed by atoms with van der Waals surface area (Å²) in [6, 6.07) is -0.293. The van der Waals surface area contributed by atoms with Gasteiger partial charge in [0.05, 0.1) is 12.1 Å². The lowest BCUT2D eigenvalue weighted by Crippen LogP contribution is -2.45. The third kappa shape index (κ3) is 6.25. The van der Waals surface area contributed by atoms with Gasteiger partial charge >= 0.3 is 0 Å². The first-order valence-corrected chi connectivity index (χ1v) is 5.29. The predicted octanol–water partition coefficient (Wildman–Crippen LogP) is 0.284. The van der Waals surface area contributed by atoms with Crippen LogP contribution >= 0.6 is 0 Å². The maximum absolute atomic E-state index is 11.4. The standard InChI is InChI=1S/C11H22N2O2/c1-5-6-12-11(15)9(4)13-7-10(14)8(2)3/h5,8-10,13-14H,1,6-7H2,2-4H3,(H,12,15). The predicted molar refractivity (Wildman–Crippen MR) is 61.5 cm³/mol. The first-order valence-electron chi connectivity index (χ1n) is 5.29. The molecule has 0 spiro atoms. The van der Waals surface area contributed by atoms with Crippen LogP contribution in [0.15, 0.2) is 12.7 Å². The molecule has 0 rings (SSSR count). The lowest BCUT2D eigenvalue weighted by molar-refractivity contribution is -0.122. The van der Waals surface area contributed by atoms with Gasteiger partial charge in [-0.25, -0.2) is 0 Å². The zero-order chi connectivity index (χ0) is 11.8. The van der Waals surface area contributed by atoms with E-state index in [-0.39, 0.29) is 17.9 Å². The maximum Gasteiger partial charge on any atom is 0.237 e. The molecule has 4 nitrogen and oxygen atoms in total. The third-order valence-corrected chi connectivity index (χ3v) is 2.22. The van der Waals surface area contributed by atoms with Crippen LogP contribution in [0.2, 0.25) is 0 Å². The molecule has 0 heterocycles. The van der Waals surface area contributed by atoms with Gasteiger partial charge in [0.25, 0.3) is 0 Å². The summed E-state index contributed by atoms with van der Waals surface area (Å²) in [5, 5.41) is 15.2. The van der Waals surface area contributed by atoms with Crippen molar-refractivity contribution < 1.29 is 9.90 Å². The molecule has 0 aromatic rings. The van der Waals surface area contributed by atoms with Gasteiger partial charge in [-0.3, -0.25) is 4.79 Å². The van der Waals surface area contributed by atoms with Crippen molar-refractivity contribution in [2.24, 2.45) is 5.92 Å². The molecule has 2 unspecified atom stereocenters. The van der Waals surface area contributed by atoms with Crippen molar-refractivity contribution in [2.75, 3.05) is 13.1 Å². The Morgan fingerprint density at radius 3 is 2.53 bits per heavy atom. The largest absolute Gasteiger partial charge is 0.392 e. The molecule has 0 aromatic heterocycles. The van der Waals surface area contributed by atoms with E-state index in [9.17, 15) is 9.90 Å². The normalized spacial score (nSPS) is 14.7. The Hall–Kier alpha value is -0.870.